The van der Waals surface area contributed by atoms with E-state index >= 15 is 0 Å². The maximum absolute atomic E-state index is 12.3. The predicted octanol–water partition coefficient (Wildman–Crippen LogP) is 3.48. The van der Waals surface area contributed by atoms with Crippen molar-refractivity contribution in [1.29, 1.82) is 0 Å². The van der Waals surface area contributed by atoms with Gasteiger partial charge >= 0.3 is 0 Å². The Hall–Kier alpha value is -2.42. The standard InChI is InChI=1S/C17H16N2O/c1-2-19-15-11-7-6-10-14(15)18-17(19)12-16(20)13-8-4-3-5-9-13/h3-11H,2,12H2,1H3. The second-order valence-corrected chi connectivity index (χ2v) is 4.73. The number of para-hydroxylation sites is 2. The van der Waals surface area contributed by atoms with Gasteiger partial charge in [-0.1, -0.05) is 42.5 Å². The summed E-state index contributed by atoms with van der Waals surface area (Å²) in [6, 6.07) is 17.4. The molecule has 3 nitrogen and oxygen atoms in total. The van der Waals surface area contributed by atoms with Gasteiger partial charge in [0.05, 0.1) is 17.5 Å². The molecule has 3 aromatic rings. The van der Waals surface area contributed by atoms with Gasteiger partial charge in [-0.15, -0.1) is 0 Å². The average Bonchev–Trinajstić information content (AvgIpc) is 2.85. The van der Waals surface area contributed by atoms with E-state index in [0.29, 0.717) is 6.42 Å². The number of aryl methyl sites for hydroxylation is 1. The summed E-state index contributed by atoms with van der Waals surface area (Å²) in [6.45, 7) is 2.89. The molecule has 1 heterocycles. The van der Waals surface area contributed by atoms with Crippen LogP contribution in [-0.4, -0.2) is 15.3 Å². The fourth-order valence-electron chi connectivity index (χ4n) is 2.48. The van der Waals surface area contributed by atoms with Gasteiger partial charge in [-0.25, -0.2) is 4.98 Å². The molecule has 0 amide bonds. The normalized spacial score (nSPS) is 10.8. The Bertz CT molecular complexity index is 744. The first-order valence-corrected chi connectivity index (χ1v) is 6.82. The lowest BCUT2D eigenvalue weighted by molar-refractivity contribution is 0.0990. The Kier molecular flexibility index (Phi) is 3.33. The van der Waals surface area contributed by atoms with Gasteiger partial charge in [0.15, 0.2) is 5.78 Å². The van der Waals surface area contributed by atoms with Crippen LogP contribution >= 0.6 is 0 Å². The number of hydrogen-bond acceptors (Lipinski definition) is 2. The number of benzene rings is 2. The van der Waals surface area contributed by atoms with Crippen LogP contribution in [-0.2, 0) is 13.0 Å². The van der Waals surface area contributed by atoms with Crippen molar-refractivity contribution in [2.45, 2.75) is 19.9 Å². The number of fused-ring (bicyclic) bond motifs is 1. The average molecular weight is 264 g/mol. The molecule has 0 fully saturated rings. The molecule has 0 saturated heterocycles. The molecule has 100 valence electrons. The lowest BCUT2D eigenvalue weighted by Gasteiger charge is -2.05. The molecule has 0 atom stereocenters. The van der Waals surface area contributed by atoms with E-state index in [2.05, 4.69) is 16.5 Å². The van der Waals surface area contributed by atoms with Gasteiger partial charge in [0, 0.05) is 12.1 Å². The summed E-state index contributed by atoms with van der Waals surface area (Å²) in [5, 5.41) is 0. The molecule has 1 aromatic heterocycles. The van der Waals surface area contributed by atoms with Crippen LogP contribution in [0.15, 0.2) is 54.6 Å². The van der Waals surface area contributed by atoms with Crippen LogP contribution in [0.25, 0.3) is 11.0 Å². The second-order valence-electron chi connectivity index (χ2n) is 4.73. The zero-order chi connectivity index (χ0) is 13.9. The quantitative estimate of drug-likeness (QED) is 0.676. The number of ketones is 1. The van der Waals surface area contributed by atoms with Crippen molar-refractivity contribution in [1.82, 2.24) is 9.55 Å². The highest BCUT2D eigenvalue weighted by Gasteiger charge is 2.13. The van der Waals surface area contributed by atoms with E-state index in [1.54, 1.807) is 0 Å². The summed E-state index contributed by atoms with van der Waals surface area (Å²) in [5.74, 6) is 0.943. The van der Waals surface area contributed by atoms with Gasteiger partial charge < -0.3 is 4.57 Å². The third-order valence-corrected chi connectivity index (χ3v) is 3.46. The molecular formula is C17H16N2O. The number of hydrogen-bond donors (Lipinski definition) is 0. The lowest BCUT2D eigenvalue weighted by Crippen LogP contribution is -2.09. The van der Waals surface area contributed by atoms with E-state index in [-0.39, 0.29) is 5.78 Å². The molecule has 0 aliphatic heterocycles. The van der Waals surface area contributed by atoms with Crippen LogP contribution in [0.2, 0.25) is 0 Å². The second kappa shape index (κ2) is 5.29. The fraction of sp³-hybridized carbons (Fsp3) is 0.176. The molecule has 20 heavy (non-hydrogen) atoms. The Morgan fingerprint density at radius 1 is 1.05 bits per heavy atom. The van der Waals surface area contributed by atoms with Crippen LogP contribution in [0.1, 0.15) is 23.1 Å². The number of nitrogens with zero attached hydrogens (tertiary/aromatic N) is 2. The number of Topliss-reactive ketones (excluding diaryl/α,β-unsaturated/α-hetero) is 1. The van der Waals surface area contributed by atoms with Gasteiger partial charge in [-0.2, -0.15) is 0 Å². The van der Waals surface area contributed by atoms with Crippen molar-refractivity contribution in [3.8, 4) is 0 Å². The summed E-state index contributed by atoms with van der Waals surface area (Å²) >= 11 is 0. The van der Waals surface area contributed by atoms with Crippen LogP contribution in [0.3, 0.4) is 0 Å². The summed E-state index contributed by atoms with van der Waals surface area (Å²) in [4.78, 5) is 16.9. The first-order chi connectivity index (χ1) is 9.79. The molecule has 0 saturated carbocycles. The predicted molar refractivity (Wildman–Crippen MR) is 79.9 cm³/mol. The van der Waals surface area contributed by atoms with Crippen molar-refractivity contribution in [3.05, 3.63) is 66.0 Å². The van der Waals surface area contributed by atoms with E-state index in [9.17, 15) is 4.79 Å². The number of rotatable bonds is 4. The maximum Gasteiger partial charge on any atom is 0.170 e. The molecule has 0 bridgehead atoms. The van der Waals surface area contributed by atoms with Crippen LogP contribution in [0.5, 0.6) is 0 Å². The number of carbonyl (C=O) groups excluding carboxylic acids is 1. The molecule has 3 rings (SSSR count). The molecule has 0 unspecified atom stereocenters. The van der Waals surface area contributed by atoms with Gasteiger partial charge in [-0.3, -0.25) is 4.79 Å². The van der Waals surface area contributed by atoms with Crippen LogP contribution < -0.4 is 0 Å². The van der Waals surface area contributed by atoms with Gasteiger partial charge in [0.25, 0.3) is 0 Å². The first-order valence-electron chi connectivity index (χ1n) is 6.82. The van der Waals surface area contributed by atoms with Crippen LogP contribution in [0.4, 0.5) is 0 Å². The summed E-state index contributed by atoms with van der Waals surface area (Å²) < 4.78 is 2.11. The highest BCUT2D eigenvalue weighted by Crippen LogP contribution is 2.17. The van der Waals surface area contributed by atoms with Crippen molar-refractivity contribution < 1.29 is 4.79 Å². The minimum Gasteiger partial charge on any atom is -0.328 e. The third-order valence-electron chi connectivity index (χ3n) is 3.46. The SMILES string of the molecule is CCn1c(CC(=O)c2ccccc2)nc2ccccc21. The molecule has 0 N–H and O–H groups in total. The van der Waals surface area contributed by atoms with Crippen molar-refractivity contribution >= 4 is 16.8 Å². The number of aromatic nitrogens is 2. The van der Waals surface area contributed by atoms with Crippen molar-refractivity contribution in [3.63, 3.8) is 0 Å². The minimum absolute atomic E-state index is 0.107. The zero-order valence-corrected chi connectivity index (χ0v) is 11.4. The molecule has 0 radical (unpaired) electrons. The topological polar surface area (TPSA) is 34.9 Å². The van der Waals surface area contributed by atoms with E-state index in [4.69, 9.17) is 0 Å². The van der Waals surface area contributed by atoms with E-state index < -0.39 is 0 Å². The molecular weight excluding hydrogens is 248 g/mol. The van der Waals surface area contributed by atoms with E-state index in [1.807, 2.05) is 54.6 Å². The summed E-state index contributed by atoms with van der Waals surface area (Å²) in [6.07, 6.45) is 0.340. The van der Waals surface area contributed by atoms with E-state index in [1.165, 1.54) is 0 Å². The molecule has 2 aromatic carbocycles. The summed E-state index contributed by atoms with van der Waals surface area (Å²) in [7, 11) is 0. The highest BCUT2D eigenvalue weighted by atomic mass is 16.1. The Morgan fingerprint density at radius 2 is 1.75 bits per heavy atom. The Morgan fingerprint density at radius 3 is 2.50 bits per heavy atom. The molecule has 0 spiro atoms. The van der Waals surface area contributed by atoms with Crippen molar-refractivity contribution in [2.75, 3.05) is 0 Å². The highest BCUT2D eigenvalue weighted by molar-refractivity contribution is 5.97. The molecule has 0 aliphatic rings. The smallest absolute Gasteiger partial charge is 0.170 e. The number of imidazole rings is 1. The van der Waals surface area contributed by atoms with E-state index in [0.717, 1.165) is 29.0 Å². The Labute approximate surface area is 117 Å². The summed E-state index contributed by atoms with van der Waals surface area (Å²) in [5.41, 5.74) is 2.78. The number of carbonyl (C=O) groups is 1. The van der Waals surface area contributed by atoms with Crippen molar-refractivity contribution in [2.24, 2.45) is 0 Å². The van der Waals surface area contributed by atoms with Gasteiger partial charge in [0.1, 0.15) is 5.82 Å². The maximum atomic E-state index is 12.3. The molecule has 0 aliphatic carbocycles. The lowest BCUT2D eigenvalue weighted by atomic mass is 10.1. The van der Waals surface area contributed by atoms with Crippen LogP contribution in [0, 0.1) is 0 Å². The zero-order valence-electron chi connectivity index (χ0n) is 11.4. The fourth-order valence-corrected chi connectivity index (χ4v) is 2.48. The first kappa shape index (κ1) is 12.6. The minimum atomic E-state index is 0.107. The van der Waals surface area contributed by atoms with Gasteiger partial charge in [0.2, 0.25) is 0 Å². The third kappa shape index (κ3) is 2.23. The monoisotopic (exact) mass is 264 g/mol. The Balaban J connectivity index is 1.97. The largest absolute Gasteiger partial charge is 0.328 e. The molecule has 3 heteroatoms. The van der Waals surface area contributed by atoms with Gasteiger partial charge in [-0.05, 0) is 19.1 Å².